The molecule has 0 bridgehead atoms. The molecule has 1 heterocycles. The molecule has 0 unspecified atom stereocenters. The highest BCUT2D eigenvalue weighted by Crippen LogP contribution is 2.30. The highest BCUT2D eigenvalue weighted by Gasteiger charge is 2.14. The first-order valence-electron chi connectivity index (χ1n) is 12.0. The minimum Gasteiger partial charge on any atom is -0.487 e. The third-order valence-corrected chi connectivity index (χ3v) is 5.22. The fourth-order valence-electron chi connectivity index (χ4n) is 3.42. The van der Waals surface area contributed by atoms with Gasteiger partial charge in [0.25, 0.3) is 0 Å². The first-order chi connectivity index (χ1) is 17.6. The number of benzene rings is 2. The SMILES string of the molecule is NCCC(=O)c1ccc2c(c1)OCCOCCOc1cc(C(=O)CCN)ccc1OCCOCCO2. The number of Topliss-reactive ketones (excluding diaryl/α,β-unsaturated/α-hetero) is 2. The highest BCUT2D eigenvalue weighted by atomic mass is 16.6. The first kappa shape index (κ1) is 27.4. The second kappa shape index (κ2) is 15.0. The molecule has 0 amide bonds. The third kappa shape index (κ3) is 8.49. The van der Waals surface area contributed by atoms with E-state index in [1.165, 1.54) is 0 Å². The molecule has 0 atom stereocenters. The van der Waals surface area contributed by atoms with Crippen LogP contribution in [0, 0.1) is 0 Å². The fourth-order valence-corrected chi connectivity index (χ4v) is 3.42. The molecule has 1 aliphatic heterocycles. The van der Waals surface area contributed by atoms with E-state index >= 15 is 0 Å². The average molecular weight is 503 g/mol. The van der Waals surface area contributed by atoms with Crippen molar-refractivity contribution in [1.29, 1.82) is 0 Å². The van der Waals surface area contributed by atoms with E-state index in [-0.39, 0.29) is 63.9 Å². The summed E-state index contributed by atoms with van der Waals surface area (Å²) < 4.78 is 34.5. The number of carbonyl (C=O) groups excluding carboxylic acids is 2. The number of hydrogen-bond donors (Lipinski definition) is 2. The number of ketones is 2. The van der Waals surface area contributed by atoms with E-state index in [0.29, 0.717) is 60.6 Å². The average Bonchev–Trinajstić information content (AvgIpc) is 2.88. The van der Waals surface area contributed by atoms with Crippen LogP contribution in [0.15, 0.2) is 36.4 Å². The lowest BCUT2D eigenvalue weighted by molar-refractivity contribution is 0.0639. The molecule has 2 aromatic rings. The molecule has 10 heteroatoms. The number of hydrogen-bond acceptors (Lipinski definition) is 10. The Morgan fingerprint density at radius 2 is 0.917 bits per heavy atom. The van der Waals surface area contributed by atoms with Crippen molar-refractivity contribution in [1.82, 2.24) is 0 Å². The van der Waals surface area contributed by atoms with Gasteiger partial charge in [0.2, 0.25) is 0 Å². The second-order valence-corrected chi connectivity index (χ2v) is 7.87. The van der Waals surface area contributed by atoms with E-state index < -0.39 is 0 Å². The van der Waals surface area contributed by atoms with Gasteiger partial charge in [-0.2, -0.15) is 0 Å². The zero-order valence-electron chi connectivity index (χ0n) is 20.4. The summed E-state index contributed by atoms with van der Waals surface area (Å²) in [6.07, 6.45) is 0.509. The van der Waals surface area contributed by atoms with Gasteiger partial charge in [-0.15, -0.1) is 0 Å². The summed E-state index contributed by atoms with van der Waals surface area (Å²) in [6, 6.07) is 10.1. The quantitative estimate of drug-likeness (QED) is 0.563. The first-order valence-corrected chi connectivity index (χ1v) is 12.0. The highest BCUT2D eigenvalue weighted by molar-refractivity contribution is 5.97. The maximum absolute atomic E-state index is 12.2. The van der Waals surface area contributed by atoms with Crippen molar-refractivity contribution in [3.05, 3.63) is 47.5 Å². The fraction of sp³-hybridized carbons (Fsp3) is 0.462. The molecular formula is C26H34N2O8. The van der Waals surface area contributed by atoms with Crippen molar-refractivity contribution < 1.29 is 38.0 Å². The summed E-state index contributed by atoms with van der Waals surface area (Å²) in [5.41, 5.74) is 12.0. The maximum atomic E-state index is 12.2. The lowest BCUT2D eigenvalue weighted by atomic mass is 10.1. The molecule has 2 aromatic carbocycles. The molecule has 0 aromatic heterocycles. The van der Waals surface area contributed by atoms with Crippen LogP contribution in [0.2, 0.25) is 0 Å². The van der Waals surface area contributed by atoms with Crippen LogP contribution in [0.1, 0.15) is 33.6 Å². The predicted molar refractivity (Wildman–Crippen MR) is 133 cm³/mol. The molecule has 4 N–H and O–H groups in total. The van der Waals surface area contributed by atoms with Gasteiger partial charge in [-0.1, -0.05) is 0 Å². The van der Waals surface area contributed by atoms with Gasteiger partial charge >= 0.3 is 0 Å². The van der Waals surface area contributed by atoms with Gasteiger partial charge in [0.15, 0.2) is 34.6 Å². The van der Waals surface area contributed by atoms with Gasteiger partial charge in [0.05, 0.1) is 26.4 Å². The van der Waals surface area contributed by atoms with Gasteiger partial charge in [-0.25, -0.2) is 0 Å². The zero-order valence-corrected chi connectivity index (χ0v) is 20.4. The van der Waals surface area contributed by atoms with Crippen molar-refractivity contribution in [3.8, 4) is 23.0 Å². The molecule has 0 saturated heterocycles. The number of rotatable bonds is 6. The van der Waals surface area contributed by atoms with Gasteiger partial charge in [0, 0.05) is 24.0 Å². The minimum atomic E-state index is -0.0618. The van der Waals surface area contributed by atoms with Crippen LogP contribution in [-0.2, 0) is 9.47 Å². The van der Waals surface area contributed by atoms with Crippen LogP contribution in [0.4, 0.5) is 0 Å². The van der Waals surface area contributed by atoms with Crippen molar-refractivity contribution in [2.24, 2.45) is 11.5 Å². The smallest absolute Gasteiger partial charge is 0.164 e. The van der Waals surface area contributed by atoms with E-state index in [4.69, 9.17) is 39.9 Å². The van der Waals surface area contributed by atoms with Gasteiger partial charge in [-0.05, 0) is 49.5 Å². The van der Waals surface area contributed by atoms with Crippen LogP contribution < -0.4 is 30.4 Å². The molecule has 0 spiro atoms. The topological polar surface area (TPSA) is 142 Å². The van der Waals surface area contributed by atoms with E-state index in [0.717, 1.165) is 0 Å². The van der Waals surface area contributed by atoms with Crippen LogP contribution in [0.25, 0.3) is 0 Å². The van der Waals surface area contributed by atoms with Crippen molar-refractivity contribution >= 4 is 11.6 Å². The van der Waals surface area contributed by atoms with Crippen LogP contribution in [-0.4, -0.2) is 77.5 Å². The molecule has 1 aliphatic rings. The molecule has 0 saturated carbocycles. The maximum Gasteiger partial charge on any atom is 0.164 e. The van der Waals surface area contributed by atoms with Crippen molar-refractivity contribution in [3.63, 3.8) is 0 Å². The van der Waals surface area contributed by atoms with Crippen LogP contribution in [0.3, 0.4) is 0 Å². The third-order valence-electron chi connectivity index (χ3n) is 5.22. The Labute approximate surface area is 210 Å². The Kier molecular flexibility index (Phi) is 11.5. The van der Waals surface area contributed by atoms with Crippen molar-refractivity contribution in [2.75, 3.05) is 65.9 Å². The van der Waals surface area contributed by atoms with E-state index in [1.807, 2.05) is 0 Å². The molecule has 36 heavy (non-hydrogen) atoms. The standard InChI is InChI=1S/C26H34N2O8/c27-7-5-21(29)19-1-3-23-25(17-19)35-15-11-32-12-16-36-26-18-20(22(30)6-8-28)2-4-24(26)34-14-10-31-9-13-33-23/h1-4,17-18H,5-16,27-28H2. The van der Waals surface area contributed by atoms with E-state index in [1.54, 1.807) is 36.4 Å². The van der Waals surface area contributed by atoms with Crippen LogP contribution >= 0.6 is 0 Å². The Morgan fingerprint density at radius 3 is 1.28 bits per heavy atom. The van der Waals surface area contributed by atoms with Gasteiger partial charge in [0.1, 0.15) is 26.4 Å². The molecule has 0 fully saturated rings. The Morgan fingerprint density at radius 1 is 0.556 bits per heavy atom. The molecule has 0 radical (unpaired) electrons. The summed E-state index contributed by atoms with van der Waals surface area (Å²) in [7, 11) is 0. The summed E-state index contributed by atoms with van der Waals surface area (Å²) in [6.45, 7) is 2.88. The van der Waals surface area contributed by atoms with E-state index in [2.05, 4.69) is 0 Å². The number of ether oxygens (including phenoxy) is 6. The molecular weight excluding hydrogens is 468 g/mol. The van der Waals surface area contributed by atoms with Crippen LogP contribution in [0.5, 0.6) is 23.0 Å². The zero-order chi connectivity index (χ0) is 25.6. The minimum absolute atomic E-state index is 0.0618. The Balaban J connectivity index is 1.64. The lowest BCUT2D eigenvalue weighted by Crippen LogP contribution is -2.16. The van der Waals surface area contributed by atoms with Gasteiger partial charge < -0.3 is 39.9 Å². The normalized spacial score (nSPS) is 15.4. The number of carbonyl (C=O) groups is 2. The largest absolute Gasteiger partial charge is 0.487 e. The molecule has 10 nitrogen and oxygen atoms in total. The molecule has 3 rings (SSSR count). The van der Waals surface area contributed by atoms with Gasteiger partial charge in [-0.3, -0.25) is 9.59 Å². The predicted octanol–water partition coefficient (Wildman–Crippen LogP) is 2.01. The van der Waals surface area contributed by atoms with Crippen molar-refractivity contribution in [2.45, 2.75) is 12.8 Å². The number of nitrogens with two attached hydrogens (primary N) is 2. The molecule has 0 aliphatic carbocycles. The summed E-state index contributed by atoms with van der Waals surface area (Å²) in [5, 5.41) is 0. The summed E-state index contributed by atoms with van der Waals surface area (Å²) in [4.78, 5) is 24.5. The molecule has 196 valence electrons. The Bertz CT molecular complexity index is 920. The summed E-state index contributed by atoms with van der Waals surface area (Å²) in [5.74, 6) is 1.80. The second-order valence-electron chi connectivity index (χ2n) is 7.87. The monoisotopic (exact) mass is 502 g/mol. The lowest BCUT2D eigenvalue weighted by Gasteiger charge is -2.16. The van der Waals surface area contributed by atoms with E-state index in [9.17, 15) is 9.59 Å². The number of fused-ring (bicyclic) bond motifs is 2. The Hall–Kier alpha value is -3.18. The summed E-state index contributed by atoms with van der Waals surface area (Å²) >= 11 is 0.